The summed E-state index contributed by atoms with van der Waals surface area (Å²) >= 11 is 0. The Morgan fingerprint density at radius 1 is 0.886 bits per heavy atom. The Labute approximate surface area is 202 Å². The molecule has 4 rings (SSSR count). The Hall–Kier alpha value is -4.20. The minimum atomic E-state index is -0.921. The van der Waals surface area contributed by atoms with E-state index in [1.54, 1.807) is 24.1 Å². The normalized spacial score (nSPS) is 10.7. The fraction of sp³-hybridized carbons (Fsp3) is 0.185. The maximum absolute atomic E-state index is 13.8. The minimum Gasteiger partial charge on any atom is -0.497 e. The largest absolute Gasteiger partial charge is 0.497 e. The summed E-state index contributed by atoms with van der Waals surface area (Å²) in [5, 5.41) is 6.68. The van der Waals surface area contributed by atoms with Gasteiger partial charge < -0.3 is 14.8 Å². The van der Waals surface area contributed by atoms with Gasteiger partial charge in [0.2, 0.25) is 0 Å². The molecule has 1 heterocycles. The summed E-state index contributed by atoms with van der Waals surface area (Å²) in [6.45, 7) is 1.14. The Balaban J connectivity index is 1.23. The van der Waals surface area contributed by atoms with Crippen molar-refractivity contribution in [2.45, 2.75) is 19.4 Å². The maximum atomic E-state index is 13.8. The van der Waals surface area contributed by atoms with Gasteiger partial charge in [-0.3, -0.25) is 9.48 Å². The van der Waals surface area contributed by atoms with E-state index in [-0.39, 0.29) is 5.82 Å². The van der Waals surface area contributed by atoms with Gasteiger partial charge in [-0.2, -0.15) is 5.10 Å². The highest BCUT2D eigenvalue weighted by atomic mass is 19.1. The van der Waals surface area contributed by atoms with E-state index in [0.29, 0.717) is 19.6 Å². The molecule has 1 N–H and O–H groups in total. The van der Waals surface area contributed by atoms with E-state index in [0.717, 1.165) is 35.6 Å². The molecule has 0 aliphatic rings. The topological polar surface area (TPSA) is 65.4 Å². The summed E-state index contributed by atoms with van der Waals surface area (Å²) in [4.78, 5) is 12.2. The molecule has 0 spiro atoms. The first kappa shape index (κ1) is 23.9. The van der Waals surface area contributed by atoms with E-state index >= 15 is 0 Å². The number of aryl methyl sites for hydroxylation is 2. The van der Waals surface area contributed by atoms with Gasteiger partial charge >= 0.3 is 0 Å². The summed E-state index contributed by atoms with van der Waals surface area (Å²) < 4.78 is 40.2. The Kier molecular flexibility index (Phi) is 7.72. The monoisotopic (exact) mass is 477 g/mol. The lowest BCUT2D eigenvalue weighted by Gasteiger charge is -2.08. The molecule has 1 aromatic heterocycles. The number of amides is 1. The summed E-state index contributed by atoms with van der Waals surface area (Å²) in [6.07, 6.45) is 3.21. The quantitative estimate of drug-likeness (QED) is 0.337. The predicted octanol–water partition coefficient (Wildman–Crippen LogP) is 5.29. The number of rotatable bonds is 10. The van der Waals surface area contributed by atoms with Crippen LogP contribution in [0.3, 0.4) is 0 Å². The number of hydrogen-bond donors (Lipinski definition) is 1. The van der Waals surface area contributed by atoms with Crippen molar-refractivity contribution in [1.29, 1.82) is 0 Å². The lowest BCUT2D eigenvalue weighted by molar-refractivity contribution is 0.101. The predicted molar refractivity (Wildman–Crippen MR) is 129 cm³/mol. The number of nitrogens with one attached hydrogen (secondary N) is 1. The first-order chi connectivity index (χ1) is 17.0. The molecule has 8 heteroatoms. The van der Waals surface area contributed by atoms with Crippen molar-refractivity contribution in [3.05, 3.63) is 107 Å². The van der Waals surface area contributed by atoms with Gasteiger partial charge in [-0.1, -0.05) is 30.3 Å². The summed E-state index contributed by atoms with van der Waals surface area (Å²) in [5.74, 6) is -0.872. The fourth-order valence-corrected chi connectivity index (χ4v) is 3.52. The second kappa shape index (κ2) is 11.3. The average Bonchev–Trinajstić information content (AvgIpc) is 3.31. The Morgan fingerprint density at radius 2 is 1.51 bits per heavy atom. The number of halogens is 2. The van der Waals surface area contributed by atoms with Crippen molar-refractivity contribution < 1.29 is 23.0 Å². The van der Waals surface area contributed by atoms with Gasteiger partial charge in [0.25, 0.3) is 5.91 Å². The van der Waals surface area contributed by atoms with E-state index in [2.05, 4.69) is 10.4 Å². The maximum Gasteiger partial charge on any atom is 0.262 e. The van der Waals surface area contributed by atoms with Crippen molar-refractivity contribution >= 4 is 11.7 Å². The minimum absolute atomic E-state index is 0.221. The van der Waals surface area contributed by atoms with Crippen LogP contribution in [0.15, 0.2) is 79.0 Å². The van der Waals surface area contributed by atoms with Crippen LogP contribution < -0.4 is 14.8 Å². The highest BCUT2D eigenvalue weighted by Crippen LogP contribution is 2.17. The van der Waals surface area contributed by atoms with Gasteiger partial charge in [-0.15, -0.1) is 0 Å². The lowest BCUT2D eigenvalue weighted by Crippen LogP contribution is -2.16. The molecule has 0 aliphatic carbocycles. The van der Waals surface area contributed by atoms with Crippen LogP contribution in [0.25, 0.3) is 0 Å². The number of carbonyl (C=O) groups is 1. The third kappa shape index (κ3) is 6.44. The van der Waals surface area contributed by atoms with Gasteiger partial charge in [-0.05, 0) is 53.9 Å². The number of hydrogen-bond acceptors (Lipinski definition) is 4. The molecular weight excluding hydrogens is 452 g/mol. The first-order valence-electron chi connectivity index (χ1n) is 11.2. The number of aromatic nitrogens is 2. The molecule has 0 unspecified atom stereocenters. The second-order valence-electron chi connectivity index (χ2n) is 7.86. The third-order valence-corrected chi connectivity index (χ3v) is 5.44. The van der Waals surface area contributed by atoms with Gasteiger partial charge in [0.05, 0.1) is 13.7 Å². The van der Waals surface area contributed by atoms with Crippen LogP contribution in [0.1, 0.15) is 21.5 Å². The number of carbonyl (C=O) groups excluding carboxylic acids is 1. The molecule has 0 aliphatic heterocycles. The summed E-state index contributed by atoms with van der Waals surface area (Å²) in [5.41, 5.74) is 1.65. The zero-order valence-corrected chi connectivity index (χ0v) is 19.2. The molecule has 0 bridgehead atoms. The standard InChI is InChI=1S/C27H25F2N3O3/c1-34-21-9-5-20(6-10-21)15-18-35-22-11-7-19(8-12-22)13-16-32-17-14-25(31-32)30-27(33)26-23(28)3-2-4-24(26)29/h2-12,14,17H,13,15-16,18H2,1H3,(H,30,31,33). The van der Waals surface area contributed by atoms with Gasteiger partial charge in [0.15, 0.2) is 5.82 Å². The summed E-state index contributed by atoms with van der Waals surface area (Å²) in [7, 11) is 1.65. The molecule has 0 saturated carbocycles. The highest BCUT2D eigenvalue weighted by Gasteiger charge is 2.17. The molecule has 0 atom stereocenters. The molecule has 0 saturated heterocycles. The van der Waals surface area contributed by atoms with E-state index in [1.165, 1.54) is 11.6 Å². The SMILES string of the molecule is COc1ccc(CCOc2ccc(CCn3ccc(NC(=O)c4c(F)cccc4F)n3)cc2)cc1. The Morgan fingerprint density at radius 3 is 2.17 bits per heavy atom. The van der Waals surface area contributed by atoms with E-state index < -0.39 is 23.1 Å². The van der Waals surface area contributed by atoms with Crippen LogP contribution >= 0.6 is 0 Å². The number of nitrogens with zero attached hydrogens (tertiary/aromatic N) is 2. The molecule has 0 radical (unpaired) electrons. The fourth-order valence-electron chi connectivity index (χ4n) is 3.52. The van der Waals surface area contributed by atoms with Crippen LogP contribution in [0, 0.1) is 11.6 Å². The zero-order chi connectivity index (χ0) is 24.6. The highest BCUT2D eigenvalue weighted by molar-refractivity contribution is 6.04. The summed E-state index contributed by atoms with van der Waals surface area (Å²) in [6, 6.07) is 20.6. The molecule has 4 aromatic rings. The van der Waals surface area contributed by atoms with Crippen molar-refractivity contribution in [1.82, 2.24) is 9.78 Å². The smallest absolute Gasteiger partial charge is 0.262 e. The number of methoxy groups -OCH3 is 1. The number of anilines is 1. The molecule has 3 aromatic carbocycles. The third-order valence-electron chi connectivity index (χ3n) is 5.44. The molecule has 6 nitrogen and oxygen atoms in total. The van der Waals surface area contributed by atoms with Crippen LogP contribution in [-0.4, -0.2) is 29.4 Å². The van der Waals surface area contributed by atoms with Gasteiger partial charge in [-0.25, -0.2) is 8.78 Å². The average molecular weight is 478 g/mol. The van der Waals surface area contributed by atoms with E-state index in [9.17, 15) is 13.6 Å². The zero-order valence-electron chi connectivity index (χ0n) is 19.2. The van der Waals surface area contributed by atoms with Crippen molar-refractivity contribution in [3.8, 4) is 11.5 Å². The van der Waals surface area contributed by atoms with Crippen molar-refractivity contribution in [2.75, 3.05) is 19.0 Å². The van der Waals surface area contributed by atoms with Crippen LogP contribution in [0.2, 0.25) is 0 Å². The molecule has 35 heavy (non-hydrogen) atoms. The number of benzene rings is 3. The van der Waals surface area contributed by atoms with Crippen molar-refractivity contribution in [2.24, 2.45) is 0 Å². The van der Waals surface area contributed by atoms with E-state index in [4.69, 9.17) is 9.47 Å². The molecule has 1 amide bonds. The Bertz CT molecular complexity index is 1250. The van der Waals surface area contributed by atoms with Crippen LogP contribution in [0.4, 0.5) is 14.6 Å². The first-order valence-corrected chi connectivity index (χ1v) is 11.2. The van der Waals surface area contributed by atoms with Gasteiger partial charge in [0.1, 0.15) is 28.7 Å². The molecule has 0 fully saturated rings. The number of ether oxygens (including phenoxy) is 2. The van der Waals surface area contributed by atoms with E-state index in [1.807, 2.05) is 48.5 Å². The van der Waals surface area contributed by atoms with Crippen molar-refractivity contribution in [3.63, 3.8) is 0 Å². The lowest BCUT2D eigenvalue weighted by atomic mass is 10.1. The second-order valence-corrected chi connectivity index (χ2v) is 7.86. The van der Waals surface area contributed by atoms with Gasteiger partial charge in [0, 0.05) is 25.2 Å². The van der Waals surface area contributed by atoms with Crippen LogP contribution in [0.5, 0.6) is 11.5 Å². The molecular formula is C27H25F2N3O3. The molecule has 180 valence electrons. The van der Waals surface area contributed by atoms with Crippen LogP contribution in [-0.2, 0) is 19.4 Å².